The van der Waals surface area contributed by atoms with E-state index in [1.807, 2.05) is 0 Å². The number of carbonyl (C=O) groups excluding carboxylic acids is 1. The fourth-order valence-corrected chi connectivity index (χ4v) is 0.793. The van der Waals surface area contributed by atoms with Crippen LogP contribution in [0.1, 0.15) is 10.4 Å². The average molecular weight is 212 g/mol. The Hall–Kier alpha value is 0.381. The minimum atomic E-state index is -4.94. The van der Waals surface area contributed by atoms with Gasteiger partial charge in [-0.2, -0.15) is 0 Å². The standard InChI is InChI=1S/C7H5BF3O.K/c9-8(10,11)7-3-1-6(5-12)2-4-7;/h1-5H;/q-1;+1. The van der Waals surface area contributed by atoms with Crippen LogP contribution in [0.25, 0.3) is 0 Å². The van der Waals surface area contributed by atoms with E-state index in [2.05, 4.69) is 0 Å². The van der Waals surface area contributed by atoms with Crippen LogP contribution in [0.4, 0.5) is 12.9 Å². The van der Waals surface area contributed by atoms with Crippen LogP contribution in [0.5, 0.6) is 0 Å². The summed E-state index contributed by atoms with van der Waals surface area (Å²) in [6.07, 6.45) is 0.507. The smallest absolute Gasteiger partial charge is 0.445 e. The average Bonchev–Trinajstić information content (AvgIpc) is 2.03. The largest absolute Gasteiger partial charge is 1.00 e. The van der Waals surface area contributed by atoms with Crippen molar-refractivity contribution in [3.05, 3.63) is 29.8 Å². The van der Waals surface area contributed by atoms with Crippen LogP contribution in [0.2, 0.25) is 0 Å². The van der Waals surface area contributed by atoms with E-state index in [1.54, 1.807) is 0 Å². The van der Waals surface area contributed by atoms with Gasteiger partial charge in [0.25, 0.3) is 0 Å². The van der Waals surface area contributed by atoms with E-state index in [1.165, 1.54) is 0 Å². The van der Waals surface area contributed by atoms with Crippen LogP contribution in [0.15, 0.2) is 24.3 Å². The molecule has 0 saturated carbocycles. The van der Waals surface area contributed by atoms with Crippen LogP contribution in [0, 0.1) is 0 Å². The minimum Gasteiger partial charge on any atom is -0.445 e. The van der Waals surface area contributed by atoms with Gasteiger partial charge < -0.3 is 12.9 Å². The Morgan fingerprint density at radius 3 is 1.85 bits per heavy atom. The van der Waals surface area contributed by atoms with Crippen LogP contribution in [-0.4, -0.2) is 13.3 Å². The molecule has 0 bridgehead atoms. The van der Waals surface area contributed by atoms with Crippen LogP contribution >= 0.6 is 0 Å². The number of hydrogen-bond acceptors (Lipinski definition) is 1. The fraction of sp³-hybridized carbons (Fsp3) is 0. The number of rotatable bonds is 2. The molecule has 0 unspecified atom stereocenters. The first-order valence-corrected chi connectivity index (χ1v) is 3.29. The summed E-state index contributed by atoms with van der Waals surface area (Å²) in [6.45, 7) is -4.94. The number of hydrogen-bond donors (Lipinski definition) is 0. The molecule has 0 radical (unpaired) electrons. The van der Waals surface area contributed by atoms with Gasteiger partial charge in [-0.15, -0.1) is 5.46 Å². The summed E-state index contributed by atoms with van der Waals surface area (Å²) in [5.74, 6) is 0. The second-order valence-corrected chi connectivity index (χ2v) is 2.36. The molecule has 0 spiro atoms. The Labute approximate surface area is 116 Å². The molecule has 1 nitrogen and oxygen atoms in total. The SMILES string of the molecule is O=Cc1ccc([B-](F)(F)F)cc1.[K+]. The van der Waals surface area contributed by atoms with Crippen molar-refractivity contribution in [1.82, 2.24) is 0 Å². The topological polar surface area (TPSA) is 17.1 Å². The molecule has 0 N–H and O–H groups in total. The fourth-order valence-electron chi connectivity index (χ4n) is 0.793. The normalized spacial score (nSPS) is 10.4. The van der Waals surface area contributed by atoms with E-state index in [4.69, 9.17) is 0 Å². The molecule has 0 amide bonds. The molecular weight excluding hydrogens is 207 g/mol. The predicted molar refractivity (Wildman–Crippen MR) is 40.5 cm³/mol. The molecule has 6 heteroatoms. The van der Waals surface area contributed by atoms with Gasteiger partial charge in [0.1, 0.15) is 6.29 Å². The zero-order valence-electron chi connectivity index (χ0n) is 7.01. The summed E-state index contributed by atoms with van der Waals surface area (Å²) >= 11 is 0. The molecule has 0 aliphatic heterocycles. The Morgan fingerprint density at radius 1 is 1.08 bits per heavy atom. The quantitative estimate of drug-likeness (QED) is 0.433. The zero-order valence-corrected chi connectivity index (χ0v) is 10.1. The van der Waals surface area contributed by atoms with Gasteiger partial charge in [-0.25, -0.2) is 0 Å². The van der Waals surface area contributed by atoms with Crippen molar-refractivity contribution in [2.75, 3.05) is 0 Å². The van der Waals surface area contributed by atoms with Gasteiger partial charge in [0.2, 0.25) is 0 Å². The van der Waals surface area contributed by atoms with Crippen molar-refractivity contribution < 1.29 is 69.1 Å². The van der Waals surface area contributed by atoms with E-state index in [9.17, 15) is 17.7 Å². The maximum Gasteiger partial charge on any atom is 1.00 e. The number of halogens is 3. The molecule has 13 heavy (non-hydrogen) atoms. The van der Waals surface area contributed by atoms with Gasteiger partial charge in [-0.1, -0.05) is 24.3 Å². The molecule has 0 atom stereocenters. The first-order valence-electron chi connectivity index (χ1n) is 3.29. The summed E-state index contributed by atoms with van der Waals surface area (Å²) in [5.41, 5.74) is -0.431. The van der Waals surface area contributed by atoms with Crippen molar-refractivity contribution in [3.8, 4) is 0 Å². The van der Waals surface area contributed by atoms with Gasteiger partial charge >= 0.3 is 58.4 Å². The molecule has 0 aromatic heterocycles. The molecule has 0 aliphatic rings. The van der Waals surface area contributed by atoms with Crippen LogP contribution < -0.4 is 56.8 Å². The van der Waals surface area contributed by atoms with E-state index < -0.39 is 12.4 Å². The van der Waals surface area contributed by atoms with Gasteiger partial charge in [0.05, 0.1) is 0 Å². The Kier molecular flexibility index (Phi) is 5.46. The third kappa shape index (κ3) is 3.95. The summed E-state index contributed by atoms with van der Waals surface area (Å²) in [7, 11) is 0. The van der Waals surface area contributed by atoms with Gasteiger partial charge in [-0.05, 0) is 0 Å². The zero-order chi connectivity index (χ0) is 9.19. The number of benzene rings is 1. The van der Waals surface area contributed by atoms with Crippen molar-refractivity contribution in [2.24, 2.45) is 0 Å². The summed E-state index contributed by atoms with van der Waals surface area (Å²) in [4.78, 5) is 10.1. The molecule has 1 aromatic rings. The second kappa shape index (κ2) is 5.31. The Balaban J connectivity index is 0.00000144. The summed E-state index contributed by atoms with van der Waals surface area (Å²) in [6, 6.07) is 4.11. The molecule has 0 saturated heterocycles. The van der Waals surface area contributed by atoms with Crippen molar-refractivity contribution in [3.63, 3.8) is 0 Å². The van der Waals surface area contributed by atoms with E-state index in [-0.39, 0.29) is 56.9 Å². The van der Waals surface area contributed by atoms with E-state index in [0.717, 1.165) is 24.3 Å². The van der Waals surface area contributed by atoms with Crippen molar-refractivity contribution >= 4 is 18.7 Å². The first-order chi connectivity index (χ1) is 5.54. The number of aldehydes is 1. The predicted octanol–water partition coefficient (Wildman–Crippen LogP) is -1.44. The molecule has 0 heterocycles. The number of carbonyl (C=O) groups is 1. The van der Waals surface area contributed by atoms with Crippen LogP contribution in [-0.2, 0) is 0 Å². The Bertz CT molecular complexity index is 283. The maximum atomic E-state index is 12.0. The Morgan fingerprint density at radius 2 is 1.54 bits per heavy atom. The van der Waals surface area contributed by atoms with Crippen LogP contribution in [0.3, 0.4) is 0 Å². The van der Waals surface area contributed by atoms with E-state index >= 15 is 0 Å². The third-order valence-corrected chi connectivity index (χ3v) is 1.45. The summed E-state index contributed by atoms with van der Waals surface area (Å²) < 4.78 is 36.0. The van der Waals surface area contributed by atoms with Crippen molar-refractivity contribution in [1.29, 1.82) is 0 Å². The first kappa shape index (κ1) is 13.4. The van der Waals surface area contributed by atoms with Gasteiger partial charge in [0, 0.05) is 5.56 Å². The minimum absolute atomic E-state index is 0. The van der Waals surface area contributed by atoms with E-state index in [0.29, 0.717) is 6.29 Å². The molecule has 0 fully saturated rings. The van der Waals surface area contributed by atoms with Gasteiger partial charge in [-0.3, -0.25) is 4.79 Å². The molecule has 1 rings (SSSR count). The summed E-state index contributed by atoms with van der Waals surface area (Å²) in [5, 5.41) is 0. The molecule has 64 valence electrons. The molecule has 0 aliphatic carbocycles. The van der Waals surface area contributed by atoms with Crippen molar-refractivity contribution in [2.45, 2.75) is 0 Å². The monoisotopic (exact) mass is 212 g/mol. The third-order valence-electron chi connectivity index (χ3n) is 1.45. The molecule has 1 aromatic carbocycles. The van der Waals surface area contributed by atoms with Gasteiger partial charge in [0.15, 0.2) is 0 Å². The second-order valence-electron chi connectivity index (χ2n) is 2.36. The molecular formula is C7H5BF3KO. The maximum absolute atomic E-state index is 12.0.